The molecular formula is C14H15ClN2O. The lowest BCUT2D eigenvalue weighted by atomic mass is 10.1. The van der Waals surface area contributed by atoms with Gasteiger partial charge in [0, 0.05) is 29.7 Å². The number of pyridine rings is 1. The van der Waals surface area contributed by atoms with E-state index in [9.17, 15) is 0 Å². The van der Waals surface area contributed by atoms with Crippen LogP contribution in [0.4, 0.5) is 5.69 Å². The van der Waals surface area contributed by atoms with Crippen molar-refractivity contribution in [1.29, 1.82) is 0 Å². The topological polar surface area (TPSA) is 48.1 Å². The first-order chi connectivity index (χ1) is 8.58. The van der Waals surface area contributed by atoms with E-state index in [2.05, 4.69) is 4.98 Å². The van der Waals surface area contributed by atoms with Crippen LogP contribution < -0.4 is 10.5 Å². The largest absolute Gasteiger partial charge is 0.488 e. The van der Waals surface area contributed by atoms with Crippen molar-refractivity contribution in [1.82, 2.24) is 4.98 Å². The molecule has 0 atom stereocenters. The summed E-state index contributed by atoms with van der Waals surface area (Å²) in [7, 11) is 0. The molecule has 1 heterocycles. The number of benzene rings is 1. The second kappa shape index (κ2) is 5.27. The Bertz CT molecular complexity index is 570. The zero-order chi connectivity index (χ0) is 13.1. The minimum atomic E-state index is 0.407. The zero-order valence-corrected chi connectivity index (χ0v) is 11.2. The maximum Gasteiger partial charge on any atom is 0.124 e. The molecule has 94 valence electrons. The highest BCUT2D eigenvalue weighted by atomic mass is 35.5. The Hall–Kier alpha value is -1.74. The van der Waals surface area contributed by atoms with Crippen LogP contribution >= 0.6 is 11.6 Å². The summed E-state index contributed by atoms with van der Waals surface area (Å²) >= 11 is 6.02. The third-order valence-corrected chi connectivity index (χ3v) is 3.14. The first-order valence-corrected chi connectivity index (χ1v) is 6.03. The minimum absolute atomic E-state index is 0.407. The molecule has 0 unspecified atom stereocenters. The number of ether oxygens (including phenoxy) is 1. The second-order valence-electron chi connectivity index (χ2n) is 4.23. The number of aromatic nitrogens is 1. The molecule has 0 aliphatic rings. The van der Waals surface area contributed by atoms with Crippen molar-refractivity contribution in [3.8, 4) is 5.75 Å². The third kappa shape index (κ3) is 2.74. The Balaban J connectivity index is 2.16. The van der Waals surface area contributed by atoms with Crippen LogP contribution in [-0.2, 0) is 6.61 Å². The van der Waals surface area contributed by atoms with Crippen LogP contribution in [0.3, 0.4) is 0 Å². The molecule has 0 bridgehead atoms. The van der Waals surface area contributed by atoms with Gasteiger partial charge < -0.3 is 10.5 Å². The SMILES string of the molecule is Cc1cc(C)c(OCc2ccncc2Cl)cc1N. The Labute approximate surface area is 112 Å². The second-order valence-corrected chi connectivity index (χ2v) is 4.64. The highest BCUT2D eigenvalue weighted by Crippen LogP contribution is 2.26. The molecule has 2 rings (SSSR count). The molecule has 0 amide bonds. The maximum absolute atomic E-state index is 6.02. The fourth-order valence-corrected chi connectivity index (χ4v) is 1.85. The molecule has 2 aromatic rings. The van der Waals surface area contributed by atoms with Gasteiger partial charge in [-0.1, -0.05) is 17.7 Å². The van der Waals surface area contributed by atoms with Crippen molar-refractivity contribution in [2.75, 3.05) is 5.73 Å². The van der Waals surface area contributed by atoms with E-state index in [0.29, 0.717) is 11.6 Å². The summed E-state index contributed by atoms with van der Waals surface area (Å²) in [5.74, 6) is 0.783. The highest BCUT2D eigenvalue weighted by molar-refractivity contribution is 6.31. The number of nitrogens with zero attached hydrogens (tertiary/aromatic N) is 1. The van der Waals surface area contributed by atoms with Crippen LogP contribution in [0.15, 0.2) is 30.6 Å². The van der Waals surface area contributed by atoms with E-state index in [1.54, 1.807) is 12.4 Å². The molecule has 2 N–H and O–H groups in total. The molecule has 0 spiro atoms. The number of anilines is 1. The van der Waals surface area contributed by atoms with E-state index in [4.69, 9.17) is 22.1 Å². The smallest absolute Gasteiger partial charge is 0.124 e. The molecule has 0 saturated heterocycles. The lowest BCUT2D eigenvalue weighted by molar-refractivity contribution is 0.304. The van der Waals surface area contributed by atoms with Gasteiger partial charge in [-0.3, -0.25) is 4.98 Å². The van der Waals surface area contributed by atoms with E-state index >= 15 is 0 Å². The number of hydrogen-bond acceptors (Lipinski definition) is 3. The van der Waals surface area contributed by atoms with Crippen LogP contribution in [0.5, 0.6) is 5.75 Å². The molecule has 0 aliphatic heterocycles. The maximum atomic E-state index is 6.02. The van der Waals surface area contributed by atoms with Crippen molar-refractivity contribution in [2.45, 2.75) is 20.5 Å². The number of halogens is 1. The number of nitrogen functional groups attached to an aromatic ring is 1. The molecular weight excluding hydrogens is 248 g/mol. The summed E-state index contributed by atoms with van der Waals surface area (Å²) in [6.07, 6.45) is 3.30. The third-order valence-electron chi connectivity index (χ3n) is 2.80. The van der Waals surface area contributed by atoms with E-state index in [1.165, 1.54) is 0 Å². The molecule has 0 saturated carbocycles. The lowest BCUT2D eigenvalue weighted by Gasteiger charge is -2.12. The standard InChI is InChI=1S/C14H15ClN2O/c1-9-5-10(2)14(6-13(9)16)18-8-11-3-4-17-7-12(11)15/h3-7H,8,16H2,1-2H3. The molecule has 0 radical (unpaired) electrons. The Kier molecular flexibility index (Phi) is 3.72. The summed E-state index contributed by atoms with van der Waals surface area (Å²) in [5.41, 5.74) is 9.63. The Morgan fingerprint density at radius 1 is 1.28 bits per heavy atom. The number of rotatable bonds is 3. The van der Waals surface area contributed by atoms with Gasteiger partial charge in [0.2, 0.25) is 0 Å². The fraction of sp³-hybridized carbons (Fsp3) is 0.214. The molecule has 4 heteroatoms. The summed E-state index contributed by atoms with van der Waals surface area (Å²) in [6, 6.07) is 5.70. The average molecular weight is 263 g/mol. The molecule has 1 aromatic heterocycles. The van der Waals surface area contributed by atoms with Gasteiger partial charge in [0.25, 0.3) is 0 Å². The summed E-state index contributed by atoms with van der Waals surface area (Å²) in [6.45, 7) is 4.38. The minimum Gasteiger partial charge on any atom is -0.488 e. The van der Waals surface area contributed by atoms with Crippen molar-refractivity contribution in [3.63, 3.8) is 0 Å². The Morgan fingerprint density at radius 2 is 2.06 bits per heavy atom. The first kappa shape index (κ1) is 12.7. The quantitative estimate of drug-likeness (QED) is 0.861. The van der Waals surface area contributed by atoms with Crippen LogP contribution in [-0.4, -0.2) is 4.98 Å². The first-order valence-electron chi connectivity index (χ1n) is 5.66. The number of nitrogens with two attached hydrogens (primary N) is 1. The fourth-order valence-electron chi connectivity index (χ4n) is 1.68. The van der Waals surface area contributed by atoms with Crippen molar-refractivity contribution in [2.24, 2.45) is 0 Å². The van der Waals surface area contributed by atoms with Gasteiger partial charge in [-0.05, 0) is 31.0 Å². The van der Waals surface area contributed by atoms with Crippen molar-refractivity contribution >= 4 is 17.3 Å². The van der Waals surface area contributed by atoms with Gasteiger partial charge in [-0.2, -0.15) is 0 Å². The Morgan fingerprint density at radius 3 is 2.78 bits per heavy atom. The van der Waals surface area contributed by atoms with Gasteiger partial charge in [0.15, 0.2) is 0 Å². The van der Waals surface area contributed by atoms with Crippen molar-refractivity contribution < 1.29 is 4.74 Å². The molecule has 18 heavy (non-hydrogen) atoms. The molecule has 0 fully saturated rings. The predicted molar refractivity (Wildman–Crippen MR) is 73.9 cm³/mol. The number of aryl methyl sites for hydroxylation is 2. The predicted octanol–water partition coefficient (Wildman–Crippen LogP) is 3.51. The van der Waals surface area contributed by atoms with E-state index in [0.717, 1.165) is 28.1 Å². The molecule has 3 nitrogen and oxygen atoms in total. The van der Waals surface area contributed by atoms with Gasteiger partial charge in [-0.25, -0.2) is 0 Å². The average Bonchev–Trinajstić information content (AvgIpc) is 2.34. The monoisotopic (exact) mass is 262 g/mol. The van der Waals surface area contributed by atoms with Crippen LogP contribution in [0.1, 0.15) is 16.7 Å². The number of hydrogen-bond donors (Lipinski definition) is 1. The summed E-state index contributed by atoms with van der Waals surface area (Å²) < 4.78 is 5.75. The van der Waals surface area contributed by atoms with Crippen LogP contribution in [0.25, 0.3) is 0 Å². The molecule has 0 aliphatic carbocycles. The van der Waals surface area contributed by atoms with E-state index < -0.39 is 0 Å². The highest BCUT2D eigenvalue weighted by Gasteiger charge is 2.05. The zero-order valence-electron chi connectivity index (χ0n) is 10.4. The van der Waals surface area contributed by atoms with Gasteiger partial charge in [0.1, 0.15) is 12.4 Å². The van der Waals surface area contributed by atoms with Crippen LogP contribution in [0, 0.1) is 13.8 Å². The summed E-state index contributed by atoms with van der Waals surface area (Å²) in [5, 5.41) is 0.607. The van der Waals surface area contributed by atoms with Gasteiger partial charge >= 0.3 is 0 Å². The van der Waals surface area contributed by atoms with Gasteiger partial charge in [0.05, 0.1) is 5.02 Å². The van der Waals surface area contributed by atoms with Gasteiger partial charge in [-0.15, -0.1) is 0 Å². The van der Waals surface area contributed by atoms with E-state index in [-0.39, 0.29) is 0 Å². The van der Waals surface area contributed by atoms with Crippen LogP contribution in [0.2, 0.25) is 5.02 Å². The van der Waals surface area contributed by atoms with E-state index in [1.807, 2.05) is 32.0 Å². The summed E-state index contributed by atoms with van der Waals surface area (Å²) in [4.78, 5) is 3.94. The van der Waals surface area contributed by atoms with Crippen molar-refractivity contribution in [3.05, 3.63) is 52.3 Å². The normalized spacial score (nSPS) is 10.4. The molecule has 1 aromatic carbocycles. The lowest BCUT2D eigenvalue weighted by Crippen LogP contribution is -2.00.